The summed E-state index contributed by atoms with van der Waals surface area (Å²) in [6, 6.07) is 0. The molecule has 0 aromatic carbocycles. The maximum absolute atomic E-state index is 7.05. The Kier molecular flexibility index (Phi) is 4.07. The maximum Gasteiger partial charge on any atom is 0.142 e. The summed E-state index contributed by atoms with van der Waals surface area (Å²) in [6.07, 6.45) is 0.915. The zero-order valence-corrected chi connectivity index (χ0v) is 7.76. The zero-order valence-electron chi connectivity index (χ0n) is 6.13. The van der Waals surface area contributed by atoms with Gasteiger partial charge in [-0.2, -0.15) is 0 Å². The lowest BCUT2D eigenvalue weighted by molar-refractivity contribution is 1.08. The molecular weight excluding hydrogens is 182 g/mol. The van der Waals surface area contributed by atoms with Crippen molar-refractivity contribution in [2.24, 2.45) is 5.73 Å². The minimum absolute atomic E-state index is 0. The molecule has 1 heterocycles. The summed E-state index contributed by atoms with van der Waals surface area (Å²) in [5, 5.41) is 9.89. The highest BCUT2D eigenvalue weighted by molar-refractivity contribution is 7.09. The summed E-state index contributed by atoms with van der Waals surface area (Å²) in [7, 11) is 0. The van der Waals surface area contributed by atoms with Crippen LogP contribution in [0.15, 0.2) is 5.38 Å². The van der Waals surface area contributed by atoms with Crippen molar-refractivity contribution in [2.75, 3.05) is 0 Å². The predicted octanol–water partition coefficient (Wildman–Crippen LogP) is 1.41. The highest BCUT2D eigenvalue weighted by Crippen LogP contribution is 2.08. The number of nitrogens with two attached hydrogens (primary N) is 1. The van der Waals surface area contributed by atoms with Crippen LogP contribution in [0.4, 0.5) is 0 Å². The number of aromatic nitrogens is 1. The van der Waals surface area contributed by atoms with Crippen LogP contribution in [0.5, 0.6) is 0 Å². The SMILES string of the molecule is CCc1nc(C(=N)N)cs1.Cl. The Morgan fingerprint density at radius 2 is 2.45 bits per heavy atom. The van der Waals surface area contributed by atoms with Crippen molar-refractivity contribution in [3.8, 4) is 0 Å². The third-order valence-electron chi connectivity index (χ3n) is 1.13. The first-order valence-electron chi connectivity index (χ1n) is 3.03. The minimum Gasteiger partial charge on any atom is -0.382 e. The summed E-state index contributed by atoms with van der Waals surface area (Å²) in [5.41, 5.74) is 5.81. The largest absolute Gasteiger partial charge is 0.382 e. The van der Waals surface area contributed by atoms with Gasteiger partial charge in [-0.1, -0.05) is 6.92 Å². The van der Waals surface area contributed by atoms with E-state index in [-0.39, 0.29) is 18.2 Å². The van der Waals surface area contributed by atoms with E-state index in [4.69, 9.17) is 11.1 Å². The van der Waals surface area contributed by atoms with E-state index >= 15 is 0 Å². The third-order valence-corrected chi connectivity index (χ3v) is 2.12. The molecule has 11 heavy (non-hydrogen) atoms. The van der Waals surface area contributed by atoms with Crippen LogP contribution in [0, 0.1) is 5.41 Å². The van der Waals surface area contributed by atoms with Gasteiger partial charge in [-0.3, -0.25) is 5.41 Å². The van der Waals surface area contributed by atoms with E-state index in [0.29, 0.717) is 5.69 Å². The number of halogens is 1. The smallest absolute Gasteiger partial charge is 0.142 e. The molecule has 0 atom stereocenters. The topological polar surface area (TPSA) is 62.8 Å². The first kappa shape index (κ1) is 10.4. The molecule has 3 nitrogen and oxygen atoms in total. The van der Waals surface area contributed by atoms with Crippen LogP contribution in [0.3, 0.4) is 0 Å². The van der Waals surface area contributed by atoms with E-state index in [1.54, 1.807) is 16.7 Å². The molecule has 1 aromatic heterocycles. The van der Waals surface area contributed by atoms with Crippen LogP contribution >= 0.6 is 23.7 Å². The quantitative estimate of drug-likeness (QED) is 0.549. The summed E-state index contributed by atoms with van der Waals surface area (Å²) < 4.78 is 0. The minimum atomic E-state index is 0. The summed E-state index contributed by atoms with van der Waals surface area (Å²) in [4.78, 5) is 4.10. The van der Waals surface area contributed by atoms with Crippen LogP contribution < -0.4 is 5.73 Å². The van der Waals surface area contributed by atoms with Crippen molar-refractivity contribution >= 4 is 29.6 Å². The Morgan fingerprint density at radius 1 is 1.82 bits per heavy atom. The first-order chi connectivity index (χ1) is 4.74. The van der Waals surface area contributed by atoms with Crippen molar-refractivity contribution < 1.29 is 0 Å². The van der Waals surface area contributed by atoms with Crippen LogP contribution in [0.1, 0.15) is 17.6 Å². The molecule has 0 saturated heterocycles. The molecule has 0 aliphatic heterocycles. The van der Waals surface area contributed by atoms with Gasteiger partial charge >= 0.3 is 0 Å². The van der Waals surface area contributed by atoms with Gasteiger partial charge in [-0.15, -0.1) is 23.7 Å². The number of rotatable bonds is 2. The molecular formula is C6H10ClN3S. The van der Waals surface area contributed by atoms with E-state index in [0.717, 1.165) is 11.4 Å². The molecule has 0 amide bonds. The predicted molar refractivity (Wildman–Crippen MR) is 49.8 cm³/mol. The second kappa shape index (κ2) is 4.31. The van der Waals surface area contributed by atoms with Gasteiger partial charge in [0, 0.05) is 5.38 Å². The number of hydrogen-bond acceptors (Lipinski definition) is 3. The highest BCUT2D eigenvalue weighted by atomic mass is 35.5. The van der Waals surface area contributed by atoms with Crippen molar-refractivity contribution in [1.82, 2.24) is 4.98 Å². The number of thiazole rings is 1. The molecule has 1 aromatic rings. The molecule has 0 aliphatic rings. The molecule has 62 valence electrons. The monoisotopic (exact) mass is 191 g/mol. The normalized spacial score (nSPS) is 8.82. The van der Waals surface area contributed by atoms with Gasteiger partial charge in [0.15, 0.2) is 0 Å². The van der Waals surface area contributed by atoms with E-state index < -0.39 is 0 Å². The number of hydrogen-bond donors (Lipinski definition) is 2. The van der Waals surface area contributed by atoms with E-state index in [2.05, 4.69) is 4.98 Å². The number of nitrogens with zero attached hydrogens (tertiary/aromatic N) is 1. The molecule has 0 saturated carbocycles. The molecule has 0 radical (unpaired) electrons. The summed E-state index contributed by atoms with van der Waals surface area (Å²) >= 11 is 1.55. The molecule has 1 rings (SSSR count). The maximum atomic E-state index is 7.05. The van der Waals surface area contributed by atoms with Gasteiger partial charge in [0.2, 0.25) is 0 Å². The molecule has 0 aliphatic carbocycles. The zero-order chi connectivity index (χ0) is 7.56. The molecule has 0 spiro atoms. The van der Waals surface area contributed by atoms with E-state index in [9.17, 15) is 0 Å². The van der Waals surface area contributed by atoms with Crippen LogP contribution in [-0.2, 0) is 6.42 Å². The average Bonchev–Trinajstić information content (AvgIpc) is 2.34. The van der Waals surface area contributed by atoms with E-state index in [1.807, 2.05) is 6.92 Å². The average molecular weight is 192 g/mol. The fourth-order valence-corrected chi connectivity index (χ4v) is 1.34. The van der Waals surface area contributed by atoms with Gasteiger partial charge in [0.25, 0.3) is 0 Å². The van der Waals surface area contributed by atoms with Crippen molar-refractivity contribution in [2.45, 2.75) is 13.3 Å². The van der Waals surface area contributed by atoms with Gasteiger partial charge < -0.3 is 5.73 Å². The second-order valence-corrected chi connectivity index (χ2v) is 2.84. The number of amidine groups is 1. The van der Waals surface area contributed by atoms with Gasteiger partial charge in [-0.05, 0) is 6.42 Å². The van der Waals surface area contributed by atoms with Crippen LogP contribution in [0.2, 0.25) is 0 Å². The molecule has 0 fully saturated rings. The van der Waals surface area contributed by atoms with Gasteiger partial charge in [-0.25, -0.2) is 4.98 Å². The third kappa shape index (κ3) is 2.48. The molecule has 0 unspecified atom stereocenters. The molecule has 0 bridgehead atoms. The fourth-order valence-electron chi connectivity index (χ4n) is 0.597. The Bertz CT molecular complexity index is 246. The highest BCUT2D eigenvalue weighted by Gasteiger charge is 2.00. The van der Waals surface area contributed by atoms with Crippen molar-refractivity contribution in [1.29, 1.82) is 5.41 Å². The lowest BCUT2D eigenvalue weighted by Crippen LogP contribution is -2.11. The Hall–Kier alpha value is -0.610. The van der Waals surface area contributed by atoms with Crippen LogP contribution in [0.25, 0.3) is 0 Å². The Balaban J connectivity index is 0.000001000. The fraction of sp³-hybridized carbons (Fsp3) is 0.333. The molecule has 3 N–H and O–H groups in total. The standard InChI is InChI=1S/C6H9N3S.ClH/c1-2-5-9-4(3-10-5)6(7)8;/h3H,2H2,1H3,(H3,7,8);1H. The van der Waals surface area contributed by atoms with Gasteiger partial charge in [0.05, 0.1) is 5.01 Å². The summed E-state index contributed by atoms with van der Waals surface area (Å²) in [5.74, 6) is 0.0518. The van der Waals surface area contributed by atoms with Crippen molar-refractivity contribution in [3.63, 3.8) is 0 Å². The Morgan fingerprint density at radius 3 is 2.73 bits per heavy atom. The first-order valence-corrected chi connectivity index (χ1v) is 3.90. The lowest BCUT2D eigenvalue weighted by Gasteiger charge is -1.86. The number of nitrogens with one attached hydrogen (secondary N) is 1. The Labute approximate surface area is 75.6 Å². The van der Waals surface area contributed by atoms with Crippen LogP contribution in [-0.4, -0.2) is 10.8 Å². The number of nitrogen functional groups attached to an aromatic ring is 1. The van der Waals surface area contributed by atoms with E-state index in [1.165, 1.54) is 0 Å². The van der Waals surface area contributed by atoms with Gasteiger partial charge in [0.1, 0.15) is 11.5 Å². The summed E-state index contributed by atoms with van der Waals surface area (Å²) in [6.45, 7) is 2.03. The lowest BCUT2D eigenvalue weighted by atomic mass is 10.4. The number of aryl methyl sites for hydroxylation is 1. The van der Waals surface area contributed by atoms with Crippen molar-refractivity contribution in [3.05, 3.63) is 16.1 Å². The second-order valence-electron chi connectivity index (χ2n) is 1.89. The molecule has 5 heteroatoms.